The van der Waals surface area contributed by atoms with Gasteiger partial charge in [0.25, 0.3) is 0 Å². The SMILES string of the molecule is Cc1cc(Br)c(NC(=O)CN(C)S(=O)(=O)c2ccccc2)c(Br)c1. The van der Waals surface area contributed by atoms with E-state index in [1.165, 1.54) is 19.2 Å². The lowest BCUT2D eigenvalue weighted by Gasteiger charge is -2.17. The lowest BCUT2D eigenvalue weighted by molar-refractivity contribution is -0.116. The smallest absolute Gasteiger partial charge is 0.243 e. The lowest BCUT2D eigenvalue weighted by Crippen LogP contribution is -2.35. The number of sulfonamides is 1. The van der Waals surface area contributed by atoms with E-state index < -0.39 is 15.9 Å². The van der Waals surface area contributed by atoms with Gasteiger partial charge >= 0.3 is 0 Å². The number of hydrogen-bond acceptors (Lipinski definition) is 3. The number of anilines is 1. The summed E-state index contributed by atoms with van der Waals surface area (Å²) in [5.41, 5.74) is 1.59. The van der Waals surface area contributed by atoms with Gasteiger partial charge in [0.1, 0.15) is 0 Å². The highest BCUT2D eigenvalue weighted by Crippen LogP contribution is 2.32. The van der Waals surface area contributed by atoms with E-state index in [1.807, 2.05) is 19.1 Å². The molecule has 0 aliphatic carbocycles. The van der Waals surface area contributed by atoms with Crippen molar-refractivity contribution in [3.05, 3.63) is 57.0 Å². The zero-order chi connectivity index (χ0) is 17.9. The van der Waals surface area contributed by atoms with Crippen molar-refractivity contribution in [2.24, 2.45) is 0 Å². The second kappa shape index (κ2) is 7.77. The third-order valence-electron chi connectivity index (χ3n) is 3.27. The second-order valence-electron chi connectivity index (χ2n) is 5.23. The van der Waals surface area contributed by atoms with Crippen molar-refractivity contribution in [3.63, 3.8) is 0 Å². The standard InChI is InChI=1S/C16H16Br2N2O3S/c1-11-8-13(17)16(14(18)9-11)19-15(21)10-20(2)24(22,23)12-6-4-3-5-7-12/h3-9H,10H2,1-2H3,(H,19,21). The Morgan fingerprint density at radius 3 is 2.21 bits per heavy atom. The van der Waals surface area contributed by atoms with Gasteiger partial charge < -0.3 is 5.32 Å². The Morgan fingerprint density at radius 1 is 1.12 bits per heavy atom. The zero-order valence-corrected chi connectivity index (χ0v) is 17.1. The van der Waals surface area contributed by atoms with Crippen LogP contribution in [-0.4, -0.2) is 32.2 Å². The normalized spacial score (nSPS) is 11.5. The fourth-order valence-electron chi connectivity index (χ4n) is 2.06. The predicted octanol–water partition coefficient (Wildman–Crippen LogP) is 3.78. The number of halogens is 2. The molecule has 0 radical (unpaired) electrons. The highest BCUT2D eigenvalue weighted by atomic mass is 79.9. The third kappa shape index (κ3) is 4.44. The first-order valence-corrected chi connectivity index (χ1v) is 10.0. The third-order valence-corrected chi connectivity index (χ3v) is 6.34. The molecule has 0 aromatic heterocycles. The van der Waals surface area contributed by atoms with Crippen LogP contribution in [0.25, 0.3) is 0 Å². The van der Waals surface area contributed by atoms with Gasteiger partial charge in [-0.05, 0) is 68.6 Å². The molecule has 0 heterocycles. The fraction of sp³-hybridized carbons (Fsp3) is 0.188. The van der Waals surface area contributed by atoms with Crippen LogP contribution in [0.1, 0.15) is 5.56 Å². The summed E-state index contributed by atoms with van der Waals surface area (Å²) in [4.78, 5) is 12.4. The average molecular weight is 476 g/mol. The van der Waals surface area contributed by atoms with E-state index in [0.29, 0.717) is 5.69 Å². The monoisotopic (exact) mass is 474 g/mol. The number of nitrogens with zero attached hydrogens (tertiary/aromatic N) is 1. The molecule has 0 aliphatic rings. The molecule has 0 aliphatic heterocycles. The molecular formula is C16H16Br2N2O3S. The Morgan fingerprint density at radius 2 is 1.67 bits per heavy atom. The molecule has 0 saturated heterocycles. The van der Waals surface area contributed by atoms with E-state index in [4.69, 9.17) is 0 Å². The first kappa shape index (κ1) is 19.1. The molecule has 128 valence electrons. The van der Waals surface area contributed by atoms with Crippen molar-refractivity contribution in [2.45, 2.75) is 11.8 Å². The first-order chi connectivity index (χ1) is 11.2. The molecule has 2 rings (SSSR count). The molecule has 1 amide bonds. The molecule has 2 aromatic carbocycles. The second-order valence-corrected chi connectivity index (χ2v) is 8.98. The van der Waals surface area contributed by atoms with Gasteiger partial charge in [-0.25, -0.2) is 8.42 Å². The number of hydrogen-bond donors (Lipinski definition) is 1. The molecule has 24 heavy (non-hydrogen) atoms. The van der Waals surface area contributed by atoms with Crippen LogP contribution < -0.4 is 5.32 Å². The molecule has 0 saturated carbocycles. The minimum Gasteiger partial charge on any atom is -0.323 e. The van der Waals surface area contributed by atoms with Crippen molar-refractivity contribution in [3.8, 4) is 0 Å². The van der Waals surface area contributed by atoms with Gasteiger partial charge in [0.05, 0.1) is 17.1 Å². The summed E-state index contributed by atoms with van der Waals surface area (Å²) >= 11 is 6.78. The van der Waals surface area contributed by atoms with Crippen LogP contribution in [0.4, 0.5) is 5.69 Å². The number of amides is 1. The maximum atomic E-state index is 12.4. The van der Waals surface area contributed by atoms with Gasteiger partial charge in [0, 0.05) is 16.0 Å². The van der Waals surface area contributed by atoms with Crippen molar-refractivity contribution in [1.82, 2.24) is 4.31 Å². The van der Waals surface area contributed by atoms with Crippen LogP contribution in [0.5, 0.6) is 0 Å². The van der Waals surface area contributed by atoms with Crippen LogP contribution in [0.3, 0.4) is 0 Å². The number of rotatable bonds is 5. The van der Waals surface area contributed by atoms with E-state index in [2.05, 4.69) is 37.2 Å². The molecule has 0 atom stereocenters. The topological polar surface area (TPSA) is 66.5 Å². The Hall–Kier alpha value is -1.22. The minimum absolute atomic E-state index is 0.151. The maximum absolute atomic E-state index is 12.4. The zero-order valence-electron chi connectivity index (χ0n) is 13.1. The summed E-state index contributed by atoms with van der Waals surface area (Å²) in [6, 6.07) is 11.7. The number of likely N-dealkylation sites (N-methyl/N-ethyl adjacent to an activating group) is 1. The molecule has 2 aromatic rings. The molecule has 8 heteroatoms. The van der Waals surface area contributed by atoms with E-state index in [9.17, 15) is 13.2 Å². The summed E-state index contributed by atoms with van der Waals surface area (Å²) < 4.78 is 27.3. The van der Waals surface area contributed by atoms with Gasteiger partial charge in [0.15, 0.2) is 0 Å². The van der Waals surface area contributed by atoms with E-state index in [0.717, 1.165) is 18.8 Å². The summed E-state index contributed by atoms with van der Waals surface area (Å²) in [7, 11) is -2.33. The summed E-state index contributed by atoms with van der Waals surface area (Å²) in [6.07, 6.45) is 0. The van der Waals surface area contributed by atoms with Crippen LogP contribution in [0, 0.1) is 6.92 Å². The van der Waals surface area contributed by atoms with Gasteiger partial charge in [-0.2, -0.15) is 4.31 Å². The van der Waals surface area contributed by atoms with Crippen LogP contribution in [0.2, 0.25) is 0 Å². The molecule has 0 unspecified atom stereocenters. The van der Waals surface area contributed by atoms with Crippen LogP contribution in [-0.2, 0) is 14.8 Å². The Bertz CT molecular complexity index is 832. The molecule has 5 nitrogen and oxygen atoms in total. The molecule has 0 spiro atoms. The summed E-state index contributed by atoms with van der Waals surface area (Å²) in [5.74, 6) is -0.428. The summed E-state index contributed by atoms with van der Waals surface area (Å²) in [5, 5.41) is 2.72. The number of benzene rings is 2. The molecular weight excluding hydrogens is 460 g/mol. The van der Waals surface area contributed by atoms with E-state index in [1.54, 1.807) is 18.2 Å². The lowest BCUT2D eigenvalue weighted by atomic mass is 10.2. The van der Waals surface area contributed by atoms with E-state index in [-0.39, 0.29) is 11.4 Å². The summed E-state index contributed by atoms with van der Waals surface area (Å²) in [6.45, 7) is 1.64. The number of aryl methyl sites for hydroxylation is 1. The molecule has 0 bridgehead atoms. The van der Waals surface area contributed by atoms with Crippen LogP contribution in [0.15, 0.2) is 56.3 Å². The van der Waals surface area contributed by atoms with Gasteiger partial charge in [-0.3, -0.25) is 4.79 Å². The largest absolute Gasteiger partial charge is 0.323 e. The Kier molecular flexibility index (Phi) is 6.19. The van der Waals surface area contributed by atoms with Crippen LogP contribution >= 0.6 is 31.9 Å². The first-order valence-electron chi connectivity index (χ1n) is 6.98. The molecule has 1 N–H and O–H groups in total. The van der Waals surface area contributed by atoms with Crippen molar-refractivity contribution < 1.29 is 13.2 Å². The Balaban J connectivity index is 2.13. The maximum Gasteiger partial charge on any atom is 0.243 e. The van der Waals surface area contributed by atoms with Gasteiger partial charge in [-0.1, -0.05) is 18.2 Å². The molecule has 0 fully saturated rings. The van der Waals surface area contributed by atoms with Gasteiger partial charge in [-0.15, -0.1) is 0 Å². The highest BCUT2D eigenvalue weighted by Gasteiger charge is 2.23. The Labute approximate surface area is 158 Å². The van der Waals surface area contributed by atoms with Crippen molar-refractivity contribution in [1.29, 1.82) is 0 Å². The number of nitrogens with one attached hydrogen (secondary N) is 1. The predicted molar refractivity (Wildman–Crippen MR) is 101 cm³/mol. The van der Waals surface area contributed by atoms with Gasteiger partial charge in [0.2, 0.25) is 15.9 Å². The van der Waals surface area contributed by atoms with E-state index >= 15 is 0 Å². The number of carbonyl (C=O) groups is 1. The van der Waals surface area contributed by atoms with Crippen molar-refractivity contribution in [2.75, 3.05) is 18.9 Å². The average Bonchev–Trinajstić information content (AvgIpc) is 2.51. The fourth-order valence-corrected chi connectivity index (χ4v) is 4.82. The van der Waals surface area contributed by atoms with Crippen molar-refractivity contribution >= 4 is 53.5 Å². The minimum atomic E-state index is -3.70. The quantitative estimate of drug-likeness (QED) is 0.715. The number of carbonyl (C=O) groups excluding carboxylic acids is 1. The highest BCUT2D eigenvalue weighted by molar-refractivity contribution is 9.11.